The summed E-state index contributed by atoms with van der Waals surface area (Å²) in [6, 6.07) is 0. The van der Waals surface area contributed by atoms with E-state index in [1.54, 1.807) is 0 Å². The van der Waals surface area contributed by atoms with Crippen LogP contribution in [0.2, 0.25) is 0 Å². The number of aromatic amines is 2. The van der Waals surface area contributed by atoms with Gasteiger partial charge in [-0.1, -0.05) is 6.92 Å². The third-order valence-electron chi connectivity index (χ3n) is 3.50. The van der Waals surface area contributed by atoms with Gasteiger partial charge in [0.2, 0.25) is 0 Å². The molecular formula is C12H13FN2O2. The first-order valence-electron chi connectivity index (χ1n) is 5.83. The molecule has 5 heteroatoms. The number of H-pyrrole nitrogens is 2. The van der Waals surface area contributed by atoms with Crippen LogP contribution in [0.3, 0.4) is 0 Å². The fraction of sp³-hybridized carbons (Fsp3) is 0.500. The fourth-order valence-electron chi connectivity index (χ4n) is 2.56. The number of aromatic nitrogens is 2. The Kier molecular flexibility index (Phi) is 2.11. The second kappa shape index (κ2) is 3.42. The topological polar surface area (TPSA) is 65.7 Å². The molecule has 0 bridgehead atoms. The first kappa shape index (κ1) is 10.5. The van der Waals surface area contributed by atoms with Crippen LogP contribution >= 0.6 is 0 Å². The smallest absolute Gasteiger partial charge is 0.310 e. The molecule has 2 N–H and O–H groups in total. The van der Waals surface area contributed by atoms with Crippen LogP contribution in [0.4, 0.5) is 4.39 Å². The summed E-state index contributed by atoms with van der Waals surface area (Å²) >= 11 is 0. The Morgan fingerprint density at radius 1 is 1.24 bits per heavy atom. The summed E-state index contributed by atoms with van der Waals surface area (Å²) in [5.74, 6) is -0.180. The average Bonchev–Trinajstić information content (AvgIpc) is 3.03. The van der Waals surface area contributed by atoms with Gasteiger partial charge in [-0.25, -0.2) is 9.18 Å². The van der Waals surface area contributed by atoms with Crippen LogP contribution in [-0.4, -0.2) is 9.97 Å². The monoisotopic (exact) mass is 236 g/mol. The van der Waals surface area contributed by atoms with Gasteiger partial charge in [0.25, 0.3) is 5.56 Å². The van der Waals surface area contributed by atoms with E-state index in [0.29, 0.717) is 16.8 Å². The van der Waals surface area contributed by atoms with Crippen LogP contribution in [0.5, 0.6) is 0 Å². The minimum atomic E-state index is -0.516. The molecule has 17 heavy (non-hydrogen) atoms. The van der Waals surface area contributed by atoms with Crippen molar-refractivity contribution in [1.82, 2.24) is 9.97 Å². The van der Waals surface area contributed by atoms with Crippen molar-refractivity contribution < 1.29 is 4.39 Å². The maximum Gasteiger partial charge on any atom is 0.325 e. The quantitative estimate of drug-likeness (QED) is 0.778. The SMILES string of the molecule is CC1CC(F)=C(C2CC2)c2c1[nH]c(=O)[nH]c2=O. The highest BCUT2D eigenvalue weighted by Gasteiger charge is 2.37. The lowest BCUT2D eigenvalue weighted by Crippen LogP contribution is -2.30. The van der Waals surface area contributed by atoms with E-state index >= 15 is 0 Å². The molecule has 3 rings (SSSR count). The number of allylic oxidation sites excluding steroid dienone is 2. The van der Waals surface area contributed by atoms with Gasteiger partial charge in [0, 0.05) is 23.6 Å². The van der Waals surface area contributed by atoms with Crippen LogP contribution < -0.4 is 11.2 Å². The van der Waals surface area contributed by atoms with Gasteiger partial charge >= 0.3 is 5.69 Å². The van der Waals surface area contributed by atoms with E-state index < -0.39 is 11.2 Å². The number of hydrogen-bond acceptors (Lipinski definition) is 2. The van der Waals surface area contributed by atoms with E-state index in [1.807, 2.05) is 6.92 Å². The fourth-order valence-corrected chi connectivity index (χ4v) is 2.56. The second-order valence-electron chi connectivity index (χ2n) is 4.89. The Balaban J connectivity index is 2.32. The van der Waals surface area contributed by atoms with Crippen molar-refractivity contribution in [2.45, 2.75) is 32.1 Å². The van der Waals surface area contributed by atoms with Crippen LogP contribution in [0.15, 0.2) is 15.4 Å². The average molecular weight is 236 g/mol. The molecule has 0 aromatic carbocycles. The zero-order valence-electron chi connectivity index (χ0n) is 9.47. The lowest BCUT2D eigenvalue weighted by molar-refractivity contribution is 0.535. The van der Waals surface area contributed by atoms with Crippen molar-refractivity contribution in [2.75, 3.05) is 0 Å². The van der Waals surface area contributed by atoms with E-state index in [4.69, 9.17) is 0 Å². The molecule has 1 heterocycles. The summed E-state index contributed by atoms with van der Waals surface area (Å²) in [6.45, 7) is 1.82. The van der Waals surface area contributed by atoms with Crippen molar-refractivity contribution in [3.63, 3.8) is 0 Å². The van der Waals surface area contributed by atoms with E-state index in [-0.39, 0.29) is 24.1 Å². The standard InChI is InChI=1S/C12H13FN2O2/c1-5-4-7(13)8(6-2-3-6)9-10(5)14-12(17)15-11(9)16/h5-6H,2-4H2,1H3,(H2,14,15,16,17). The molecule has 2 aliphatic carbocycles. The summed E-state index contributed by atoms with van der Waals surface area (Å²) in [6.07, 6.45) is 2.13. The first-order chi connectivity index (χ1) is 8.08. The van der Waals surface area contributed by atoms with Gasteiger partial charge in [-0.15, -0.1) is 0 Å². The van der Waals surface area contributed by atoms with E-state index in [0.717, 1.165) is 12.8 Å². The highest BCUT2D eigenvalue weighted by molar-refractivity contribution is 5.74. The van der Waals surface area contributed by atoms with Gasteiger partial charge in [0.15, 0.2) is 0 Å². The van der Waals surface area contributed by atoms with Crippen molar-refractivity contribution in [3.05, 3.63) is 37.9 Å². The summed E-state index contributed by atoms with van der Waals surface area (Å²) < 4.78 is 14.0. The van der Waals surface area contributed by atoms with Gasteiger partial charge in [-0.2, -0.15) is 0 Å². The summed E-state index contributed by atoms with van der Waals surface area (Å²) in [4.78, 5) is 27.9. The number of halogens is 1. The number of fused-ring (bicyclic) bond motifs is 1. The van der Waals surface area contributed by atoms with Crippen LogP contribution in [0.1, 0.15) is 43.4 Å². The maximum atomic E-state index is 14.0. The molecule has 4 nitrogen and oxygen atoms in total. The van der Waals surface area contributed by atoms with Gasteiger partial charge in [-0.05, 0) is 18.8 Å². The molecule has 0 spiro atoms. The Hall–Kier alpha value is -1.65. The number of rotatable bonds is 1. The van der Waals surface area contributed by atoms with Crippen LogP contribution in [-0.2, 0) is 0 Å². The van der Waals surface area contributed by atoms with Crippen LogP contribution in [0.25, 0.3) is 5.57 Å². The lowest BCUT2D eigenvalue weighted by atomic mass is 9.85. The minimum Gasteiger partial charge on any atom is -0.310 e. The Morgan fingerprint density at radius 3 is 2.59 bits per heavy atom. The van der Waals surface area contributed by atoms with Crippen molar-refractivity contribution in [3.8, 4) is 0 Å². The third-order valence-corrected chi connectivity index (χ3v) is 3.50. The van der Waals surface area contributed by atoms with Crippen molar-refractivity contribution >= 4 is 5.57 Å². The third kappa shape index (κ3) is 1.57. The molecule has 1 saturated carbocycles. The number of hydrogen-bond donors (Lipinski definition) is 2. The van der Waals surface area contributed by atoms with Crippen LogP contribution in [0, 0.1) is 5.92 Å². The van der Waals surface area contributed by atoms with Crippen molar-refractivity contribution in [1.29, 1.82) is 0 Å². The Labute approximate surface area is 96.6 Å². The molecule has 2 aliphatic rings. The van der Waals surface area contributed by atoms with Crippen molar-refractivity contribution in [2.24, 2.45) is 5.92 Å². The van der Waals surface area contributed by atoms with Gasteiger partial charge in [0.1, 0.15) is 5.83 Å². The Morgan fingerprint density at radius 2 is 1.94 bits per heavy atom. The second-order valence-corrected chi connectivity index (χ2v) is 4.89. The maximum absolute atomic E-state index is 14.0. The van der Waals surface area contributed by atoms with E-state index in [9.17, 15) is 14.0 Å². The summed E-state index contributed by atoms with van der Waals surface area (Å²) in [5.41, 5.74) is 0.492. The zero-order valence-corrected chi connectivity index (χ0v) is 9.47. The summed E-state index contributed by atoms with van der Waals surface area (Å²) in [5, 5.41) is 0. The lowest BCUT2D eigenvalue weighted by Gasteiger charge is -2.22. The highest BCUT2D eigenvalue weighted by Crippen LogP contribution is 2.48. The number of nitrogens with one attached hydrogen (secondary N) is 2. The molecule has 90 valence electrons. The largest absolute Gasteiger partial charge is 0.325 e. The predicted molar refractivity (Wildman–Crippen MR) is 61.5 cm³/mol. The molecule has 1 fully saturated rings. The van der Waals surface area contributed by atoms with E-state index in [2.05, 4.69) is 9.97 Å². The molecule has 1 atom stereocenters. The normalized spacial score (nSPS) is 23.8. The van der Waals surface area contributed by atoms with Gasteiger partial charge in [-0.3, -0.25) is 9.78 Å². The molecule has 0 aliphatic heterocycles. The molecule has 1 unspecified atom stereocenters. The van der Waals surface area contributed by atoms with E-state index in [1.165, 1.54) is 0 Å². The molecule has 0 saturated heterocycles. The predicted octanol–water partition coefficient (Wildman–Crippen LogP) is 1.66. The molecular weight excluding hydrogens is 223 g/mol. The minimum absolute atomic E-state index is 0.150. The molecule has 0 radical (unpaired) electrons. The first-order valence-corrected chi connectivity index (χ1v) is 5.83. The summed E-state index contributed by atoms with van der Waals surface area (Å²) in [7, 11) is 0. The Bertz CT molecular complexity index is 622. The zero-order chi connectivity index (χ0) is 12.2. The molecule has 0 amide bonds. The highest BCUT2D eigenvalue weighted by atomic mass is 19.1. The molecule has 1 aromatic rings. The van der Waals surface area contributed by atoms with Gasteiger partial charge in [0.05, 0.1) is 5.56 Å². The molecule has 1 aromatic heterocycles. The van der Waals surface area contributed by atoms with Gasteiger partial charge < -0.3 is 4.98 Å².